The van der Waals surface area contributed by atoms with Crippen molar-refractivity contribution in [3.05, 3.63) is 0 Å². The van der Waals surface area contributed by atoms with Gasteiger partial charge in [-0.25, -0.2) is 0 Å². The van der Waals surface area contributed by atoms with E-state index in [1.807, 2.05) is 0 Å². The fourth-order valence-electron chi connectivity index (χ4n) is 3.08. The Balaban J connectivity index is 1.96. The monoisotopic (exact) mass is 262 g/mol. The molecular formula is C15H22N2O2. The first kappa shape index (κ1) is 13.9. The minimum atomic E-state index is -0.299. The van der Waals surface area contributed by atoms with E-state index in [9.17, 15) is 9.59 Å². The molecule has 1 saturated heterocycles. The number of hydrogen-bond acceptors (Lipinski definition) is 2. The lowest BCUT2D eigenvalue weighted by Gasteiger charge is -2.37. The van der Waals surface area contributed by atoms with Gasteiger partial charge < -0.3 is 10.2 Å². The predicted octanol–water partition coefficient (Wildman–Crippen LogP) is 1.31. The van der Waals surface area contributed by atoms with Crippen molar-refractivity contribution in [2.45, 2.75) is 51.0 Å². The molecule has 2 rings (SSSR count). The van der Waals surface area contributed by atoms with Gasteiger partial charge in [-0.3, -0.25) is 9.59 Å². The molecule has 0 bridgehead atoms. The molecule has 0 aromatic rings. The van der Waals surface area contributed by atoms with Crippen molar-refractivity contribution >= 4 is 11.8 Å². The Hall–Kier alpha value is -1.50. The van der Waals surface area contributed by atoms with E-state index in [0.29, 0.717) is 18.9 Å². The molecule has 1 saturated carbocycles. The molecule has 2 amide bonds. The summed E-state index contributed by atoms with van der Waals surface area (Å²) in [6, 6.07) is -0.299. The second-order valence-electron chi connectivity index (χ2n) is 5.51. The molecule has 0 aromatic heterocycles. The van der Waals surface area contributed by atoms with E-state index in [0.717, 1.165) is 19.3 Å². The fraction of sp³-hybridized carbons (Fsp3) is 0.733. The van der Waals surface area contributed by atoms with Gasteiger partial charge in [0.1, 0.15) is 6.04 Å². The van der Waals surface area contributed by atoms with Crippen LogP contribution in [0.5, 0.6) is 0 Å². The van der Waals surface area contributed by atoms with Gasteiger partial charge in [0.05, 0.1) is 6.54 Å². The third-order valence-electron chi connectivity index (χ3n) is 4.10. The van der Waals surface area contributed by atoms with E-state index in [4.69, 9.17) is 6.42 Å². The normalized spacial score (nSPS) is 25.0. The largest absolute Gasteiger partial charge is 0.342 e. The topological polar surface area (TPSA) is 49.4 Å². The van der Waals surface area contributed by atoms with Gasteiger partial charge in [-0.2, -0.15) is 0 Å². The molecule has 1 aliphatic carbocycles. The van der Waals surface area contributed by atoms with Crippen molar-refractivity contribution in [1.82, 2.24) is 10.2 Å². The van der Waals surface area contributed by atoms with Crippen LogP contribution >= 0.6 is 0 Å². The molecule has 1 aliphatic heterocycles. The number of carbonyl (C=O) groups excluding carboxylic acids is 2. The smallest absolute Gasteiger partial charge is 0.245 e. The molecule has 1 N–H and O–H groups in total. The van der Waals surface area contributed by atoms with Crippen LogP contribution in [0.3, 0.4) is 0 Å². The number of hydrogen-bond donors (Lipinski definition) is 1. The van der Waals surface area contributed by atoms with Gasteiger partial charge in [-0.1, -0.05) is 19.3 Å². The van der Waals surface area contributed by atoms with Gasteiger partial charge in [-0.05, 0) is 25.2 Å². The minimum Gasteiger partial charge on any atom is -0.342 e. The highest BCUT2D eigenvalue weighted by molar-refractivity contribution is 5.95. The maximum atomic E-state index is 12.4. The van der Waals surface area contributed by atoms with E-state index in [2.05, 4.69) is 11.2 Å². The molecular weight excluding hydrogens is 240 g/mol. The Morgan fingerprint density at radius 3 is 2.68 bits per heavy atom. The van der Waals surface area contributed by atoms with Crippen LogP contribution in [0.15, 0.2) is 0 Å². The van der Waals surface area contributed by atoms with Gasteiger partial charge in [0.15, 0.2) is 0 Å². The van der Waals surface area contributed by atoms with Crippen molar-refractivity contribution in [1.29, 1.82) is 0 Å². The Kier molecular flexibility index (Phi) is 4.84. The minimum absolute atomic E-state index is 0.0316. The number of nitrogens with one attached hydrogen (secondary N) is 1. The standard InChI is InChI=1S/C15H22N2O2/c1-2-3-7-10-17-11-13(18)16-14(15(17)19)12-8-5-4-6-9-12/h1,12,14H,3-11H2,(H,16,18). The number of carbonyl (C=O) groups is 2. The first-order chi connectivity index (χ1) is 9.22. The summed E-state index contributed by atoms with van der Waals surface area (Å²) >= 11 is 0. The van der Waals surface area contributed by atoms with Gasteiger partial charge in [0, 0.05) is 13.0 Å². The molecule has 4 nitrogen and oxygen atoms in total. The van der Waals surface area contributed by atoms with Crippen molar-refractivity contribution in [3.63, 3.8) is 0 Å². The summed E-state index contributed by atoms with van der Waals surface area (Å²) in [5, 5.41) is 2.89. The van der Waals surface area contributed by atoms with Crippen LogP contribution in [0.4, 0.5) is 0 Å². The van der Waals surface area contributed by atoms with Crippen LogP contribution in [0.1, 0.15) is 44.9 Å². The summed E-state index contributed by atoms with van der Waals surface area (Å²) < 4.78 is 0. The number of amides is 2. The molecule has 1 heterocycles. The van der Waals surface area contributed by atoms with Gasteiger partial charge in [0.2, 0.25) is 11.8 Å². The van der Waals surface area contributed by atoms with Gasteiger partial charge in [0.25, 0.3) is 0 Å². The highest BCUT2D eigenvalue weighted by Gasteiger charge is 2.37. The number of unbranched alkanes of at least 4 members (excludes halogenated alkanes) is 1. The Morgan fingerprint density at radius 2 is 2.00 bits per heavy atom. The average molecular weight is 262 g/mol. The fourth-order valence-corrected chi connectivity index (χ4v) is 3.08. The second-order valence-corrected chi connectivity index (χ2v) is 5.51. The van der Waals surface area contributed by atoms with Crippen LogP contribution in [0.25, 0.3) is 0 Å². The maximum absolute atomic E-state index is 12.4. The number of piperazine rings is 1. The van der Waals surface area contributed by atoms with Crippen molar-refractivity contribution < 1.29 is 9.59 Å². The van der Waals surface area contributed by atoms with Crippen molar-refractivity contribution in [2.75, 3.05) is 13.1 Å². The lowest BCUT2D eigenvalue weighted by molar-refractivity contribution is -0.146. The molecule has 0 aromatic carbocycles. The first-order valence-corrected chi connectivity index (χ1v) is 7.24. The number of nitrogens with zero attached hydrogens (tertiary/aromatic N) is 1. The zero-order valence-corrected chi connectivity index (χ0v) is 11.4. The van der Waals surface area contributed by atoms with E-state index in [-0.39, 0.29) is 24.4 Å². The zero-order chi connectivity index (χ0) is 13.7. The molecule has 2 fully saturated rings. The van der Waals surface area contributed by atoms with Crippen LogP contribution in [-0.4, -0.2) is 35.8 Å². The summed E-state index contributed by atoms with van der Waals surface area (Å²) in [6.07, 6.45) is 12.3. The van der Waals surface area contributed by atoms with Crippen LogP contribution < -0.4 is 5.32 Å². The lowest BCUT2D eigenvalue weighted by atomic mass is 9.82. The Labute approximate surface area is 114 Å². The first-order valence-electron chi connectivity index (χ1n) is 7.24. The summed E-state index contributed by atoms with van der Waals surface area (Å²) in [5.74, 6) is 2.94. The van der Waals surface area contributed by atoms with Gasteiger partial charge >= 0.3 is 0 Å². The predicted molar refractivity (Wildman–Crippen MR) is 73.2 cm³/mol. The van der Waals surface area contributed by atoms with Crippen LogP contribution in [0.2, 0.25) is 0 Å². The molecule has 1 unspecified atom stereocenters. The van der Waals surface area contributed by atoms with E-state index in [1.165, 1.54) is 19.3 Å². The molecule has 0 spiro atoms. The second kappa shape index (κ2) is 6.60. The molecule has 1 atom stereocenters. The highest BCUT2D eigenvalue weighted by atomic mass is 16.2. The summed E-state index contributed by atoms with van der Waals surface area (Å²) in [4.78, 5) is 25.9. The summed E-state index contributed by atoms with van der Waals surface area (Å²) in [7, 11) is 0. The summed E-state index contributed by atoms with van der Waals surface area (Å²) in [5.41, 5.74) is 0. The molecule has 2 aliphatic rings. The average Bonchev–Trinajstić information content (AvgIpc) is 2.43. The Bertz CT molecular complexity index is 380. The number of terminal acetylenes is 1. The third-order valence-corrected chi connectivity index (χ3v) is 4.10. The number of rotatable bonds is 4. The summed E-state index contributed by atoms with van der Waals surface area (Å²) in [6.45, 7) is 0.784. The quantitative estimate of drug-likeness (QED) is 0.613. The van der Waals surface area contributed by atoms with Crippen molar-refractivity contribution in [3.8, 4) is 12.3 Å². The van der Waals surface area contributed by atoms with E-state index >= 15 is 0 Å². The van der Waals surface area contributed by atoms with Gasteiger partial charge in [-0.15, -0.1) is 12.3 Å². The third kappa shape index (κ3) is 3.50. The molecule has 4 heteroatoms. The Morgan fingerprint density at radius 1 is 1.26 bits per heavy atom. The highest BCUT2D eigenvalue weighted by Crippen LogP contribution is 2.28. The van der Waals surface area contributed by atoms with E-state index < -0.39 is 0 Å². The lowest BCUT2D eigenvalue weighted by Crippen LogP contribution is -2.60. The van der Waals surface area contributed by atoms with E-state index in [1.54, 1.807) is 4.90 Å². The SMILES string of the molecule is C#CCCCN1CC(=O)NC(C2CCCCC2)C1=O. The molecule has 104 valence electrons. The molecule has 19 heavy (non-hydrogen) atoms. The maximum Gasteiger partial charge on any atom is 0.245 e. The molecule has 0 radical (unpaired) electrons. The van der Waals surface area contributed by atoms with Crippen LogP contribution in [-0.2, 0) is 9.59 Å². The van der Waals surface area contributed by atoms with Crippen molar-refractivity contribution in [2.24, 2.45) is 5.92 Å². The zero-order valence-electron chi connectivity index (χ0n) is 11.4. The van der Waals surface area contributed by atoms with Crippen LogP contribution in [0, 0.1) is 18.3 Å².